The molecule has 1 amide bonds. The lowest BCUT2D eigenvalue weighted by molar-refractivity contribution is -0.159. The fourth-order valence-electron chi connectivity index (χ4n) is 0.799. The molecule has 0 saturated heterocycles. The molecular formula is C7H11F3N2OS. The summed E-state index contributed by atoms with van der Waals surface area (Å²) in [5.74, 6) is -1.59. The predicted molar refractivity (Wildman–Crippen MR) is 49.6 cm³/mol. The summed E-state index contributed by atoms with van der Waals surface area (Å²) < 4.78 is 35.6. The number of hydrogen-bond donors (Lipinski definition) is 1. The summed E-state index contributed by atoms with van der Waals surface area (Å²) in [6.45, 7) is 0.0797. The molecule has 0 aliphatic rings. The van der Waals surface area contributed by atoms with Crippen molar-refractivity contribution < 1.29 is 18.0 Å². The summed E-state index contributed by atoms with van der Waals surface area (Å²) in [5, 5.41) is 0. The number of carbonyl (C=O) groups excluding carboxylic acids is 1. The maximum Gasteiger partial charge on any atom is 0.406 e. The zero-order chi connectivity index (χ0) is 11.5. The van der Waals surface area contributed by atoms with Crippen molar-refractivity contribution in [2.75, 3.05) is 13.6 Å². The van der Waals surface area contributed by atoms with E-state index < -0.39 is 24.5 Å². The first kappa shape index (κ1) is 13.2. The maximum absolute atomic E-state index is 11.9. The Morgan fingerprint density at radius 3 is 2.29 bits per heavy atom. The van der Waals surface area contributed by atoms with Crippen LogP contribution in [0.4, 0.5) is 13.2 Å². The Kier molecular flexibility index (Phi) is 4.31. The molecular weight excluding hydrogens is 217 g/mol. The molecule has 0 aliphatic heterocycles. The van der Waals surface area contributed by atoms with Crippen LogP contribution < -0.4 is 5.73 Å². The van der Waals surface area contributed by atoms with Crippen molar-refractivity contribution >= 4 is 23.1 Å². The van der Waals surface area contributed by atoms with E-state index in [1.54, 1.807) is 0 Å². The van der Waals surface area contributed by atoms with E-state index in [2.05, 4.69) is 12.2 Å². The quantitative estimate of drug-likeness (QED) is 0.731. The number of carbonyl (C=O) groups is 1. The highest BCUT2D eigenvalue weighted by Gasteiger charge is 2.32. The van der Waals surface area contributed by atoms with Crippen LogP contribution in [0.3, 0.4) is 0 Å². The number of halogens is 3. The average molecular weight is 228 g/mol. The van der Waals surface area contributed by atoms with Crippen molar-refractivity contribution in [1.82, 2.24) is 4.90 Å². The fourth-order valence-corrected chi connectivity index (χ4v) is 0.900. The van der Waals surface area contributed by atoms with Gasteiger partial charge in [0.2, 0.25) is 5.91 Å². The topological polar surface area (TPSA) is 46.3 Å². The molecule has 0 aromatic carbocycles. The second kappa shape index (κ2) is 4.59. The minimum atomic E-state index is -4.40. The van der Waals surface area contributed by atoms with E-state index in [0.717, 1.165) is 7.05 Å². The monoisotopic (exact) mass is 228 g/mol. The van der Waals surface area contributed by atoms with Gasteiger partial charge in [0.25, 0.3) is 0 Å². The van der Waals surface area contributed by atoms with E-state index in [1.165, 1.54) is 6.92 Å². The molecule has 0 rings (SSSR count). The van der Waals surface area contributed by atoms with E-state index in [9.17, 15) is 18.0 Å². The van der Waals surface area contributed by atoms with Crippen LogP contribution in [0.5, 0.6) is 0 Å². The molecule has 0 aliphatic carbocycles. The largest absolute Gasteiger partial charge is 0.406 e. The van der Waals surface area contributed by atoms with Crippen molar-refractivity contribution in [3.05, 3.63) is 0 Å². The number of hydrogen-bond acceptors (Lipinski definition) is 2. The SMILES string of the molecule is CC(C(=O)N(C)CC(F)(F)F)C(N)=S. The summed E-state index contributed by atoms with van der Waals surface area (Å²) in [6.07, 6.45) is -4.40. The van der Waals surface area contributed by atoms with E-state index in [4.69, 9.17) is 5.73 Å². The van der Waals surface area contributed by atoms with Crippen molar-refractivity contribution in [1.29, 1.82) is 0 Å². The van der Waals surface area contributed by atoms with Crippen LogP contribution in [0.15, 0.2) is 0 Å². The highest BCUT2D eigenvalue weighted by atomic mass is 32.1. The average Bonchev–Trinajstić information content (AvgIpc) is 1.98. The first-order chi connectivity index (χ1) is 6.15. The van der Waals surface area contributed by atoms with E-state index in [-0.39, 0.29) is 4.99 Å². The van der Waals surface area contributed by atoms with Gasteiger partial charge in [-0.1, -0.05) is 12.2 Å². The lowest BCUT2D eigenvalue weighted by Gasteiger charge is -2.21. The Bertz CT molecular complexity index is 242. The van der Waals surface area contributed by atoms with Crippen LogP contribution in [0, 0.1) is 5.92 Å². The molecule has 0 spiro atoms. The van der Waals surface area contributed by atoms with Gasteiger partial charge in [0.1, 0.15) is 6.54 Å². The number of thiocarbonyl (C=S) groups is 1. The van der Waals surface area contributed by atoms with Gasteiger partial charge in [0, 0.05) is 7.05 Å². The van der Waals surface area contributed by atoms with Crippen LogP contribution >= 0.6 is 12.2 Å². The van der Waals surface area contributed by atoms with E-state index in [0.29, 0.717) is 4.90 Å². The summed E-state index contributed by atoms with van der Waals surface area (Å²) in [4.78, 5) is 11.7. The van der Waals surface area contributed by atoms with Gasteiger partial charge in [-0.15, -0.1) is 0 Å². The smallest absolute Gasteiger partial charge is 0.393 e. The summed E-state index contributed by atoms with van der Waals surface area (Å²) >= 11 is 4.50. The number of amides is 1. The minimum absolute atomic E-state index is 0.107. The molecule has 0 aromatic rings. The first-order valence-electron chi connectivity index (χ1n) is 3.76. The lowest BCUT2D eigenvalue weighted by Crippen LogP contribution is -2.42. The molecule has 82 valence electrons. The standard InChI is InChI=1S/C7H11F3N2OS/c1-4(5(11)14)6(13)12(2)3-7(8,9)10/h4H,3H2,1-2H3,(H2,11,14). The van der Waals surface area contributed by atoms with Crippen LogP contribution in [0.2, 0.25) is 0 Å². The third-order valence-corrected chi connectivity index (χ3v) is 1.94. The number of rotatable bonds is 3. The van der Waals surface area contributed by atoms with Crippen LogP contribution in [0.25, 0.3) is 0 Å². The third kappa shape index (κ3) is 4.40. The second-order valence-electron chi connectivity index (χ2n) is 2.93. The predicted octanol–water partition coefficient (Wildman–Crippen LogP) is 0.929. The fraction of sp³-hybridized carbons (Fsp3) is 0.714. The Balaban J connectivity index is 4.33. The van der Waals surface area contributed by atoms with Crippen LogP contribution in [-0.2, 0) is 4.79 Å². The molecule has 3 nitrogen and oxygen atoms in total. The lowest BCUT2D eigenvalue weighted by atomic mass is 10.1. The molecule has 7 heteroatoms. The summed E-state index contributed by atoms with van der Waals surface area (Å²) in [7, 11) is 1.06. The molecule has 0 aromatic heterocycles. The van der Waals surface area contributed by atoms with E-state index >= 15 is 0 Å². The molecule has 0 fully saturated rings. The molecule has 2 N–H and O–H groups in total. The number of alkyl halides is 3. The van der Waals surface area contributed by atoms with Gasteiger partial charge in [-0.05, 0) is 6.92 Å². The Hall–Kier alpha value is -0.850. The van der Waals surface area contributed by atoms with Gasteiger partial charge in [0.15, 0.2) is 0 Å². The zero-order valence-electron chi connectivity index (χ0n) is 7.76. The second-order valence-corrected chi connectivity index (χ2v) is 3.40. The number of nitrogens with zero attached hydrogens (tertiary/aromatic N) is 1. The van der Waals surface area contributed by atoms with Gasteiger partial charge < -0.3 is 10.6 Å². The maximum atomic E-state index is 11.9. The van der Waals surface area contributed by atoms with Gasteiger partial charge >= 0.3 is 6.18 Å². The molecule has 0 saturated carbocycles. The molecule has 14 heavy (non-hydrogen) atoms. The van der Waals surface area contributed by atoms with Gasteiger partial charge in [-0.25, -0.2) is 0 Å². The van der Waals surface area contributed by atoms with E-state index in [1.807, 2.05) is 0 Å². The zero-order valence-corrected chi connectivity index (χ0v) is 8.58. The third-order valence-electron chi connectivity index (χ3n) is 1.59. The molecule has 1 atom stereocenters. The normalized spacial score (nSPS) is 13.5. The van der Waals surface area contributed by atoms with Crippen LogP contribution in [-0.4, -0.2) is 35.6 Å². The highest BCUT2D eigenvalue weighted by molar-refractivity contribution is 7.80. The van der Waals surface area contributed by atoms with Gasteiger partial charge in [-0.3, -0.25) is 4.79 Å². The number of nitrogens with two attached hydrogens (primary N) is 1. The molecule has 0 radical (unpaired) electrons. The summed E-state index contributed by atoms with van der Waals surface area (Å²) in [6, 6.07) is 0. The van der Waals surface area contributed by atoms with Crippen LogP contribution in [0.1, 0.15) is 6.92 Å². The van der Waals surface area contributed by atoms with Gasteiger partial charge in [0.05, 0.1) is 10.9 Å². The van der Waals surface area contributed by atoms with Crippen molar-refractivity contribution in [3.63, 3.8) is 0 Å². The molecule has 0 heterocycles. The Morgan fingerprint density at radius 1 is 1.57 bits per heavy atom. The summed E-state index contributed by atoms with van der Waals surface area (Å²) in [5.41, 5.74) is 5.14. The first-order valence-corrected chi connectivity index (χ1v) is 4.17. The molecule has 1 unspecified atom stereocenters. The Morgan fingerprint density at radius 2 is 2.00 bits per heavy atom. The van der Waals surface area contributed by atoms with Gasteiger partial charge in [-0.2, -0.15) is 13.2 Å². The molecule has 0 bridgehead atoms. The Labute approximate surface area is 85.0 Å². The van der Waals surface area contributed by atoms with Crippen molar-refractivity contribution in [3.8, 4) is 0 Å². The highest BCUT2D eigenvalue weighted by Crippen LogP contribution is 2.16. The van der Waals surface area contributed by atoms with Crippen molar-refractivity contribution in [2.24, 2.45) is 11.7 Å². The minimum Gasteiger partial charge on any atom is -0.393 e. The van der Waals surface area contributed by atoms with Crippen molar-refractivity contribution in [2.45, 2.75) is 13.1 Å².